The Bertz CT molecular complexity index is 1000. The van der Waals surface area contributed by atoms with Gasteiger partial charge in [0.15, 0.2) is 12.6 Å². The van der Waals surface area contributed by atoms with Crippen molar-refractivity contribution in [2.45, 2.75) is 102 Å². The molecule has 0 spiro atoms. The molecular formula is C52H116O20. The minimum Gasteiger partial charge on any atom is -0.412 e. The van der Waals surface area contributed by atoms with Crippen molar-refractivity contribution < 1.29 is 97.6 Å². The van der Waals surface area contributed by atoms with Crippen molar-refractivity contribution in [3.05, 3.63) is 0 Å². The molecule has 72 heavy (non-hydrogen) atoms. The first-order chi connectivity index (χ1) is 31.9. The van der Waals surface area contributed by atoms with E-state index in [2.05, 4.69) is 20.8 Å². The zero-order valence-electron chi connectivity index (χ0n) is 42.1. The fourth-order valence-corrected chi connectivity index (χ4v) is 8.42. The SMILES string of the molecule is C.C.C.C.C.COCCOCCOCCOCCOCC(COCCOCCOCCOCCOC)(COCCOCCOCCOCCOC)COC1O[C@H]2OC(C)CCC3C2[C@@H](CC[C@H]3C)[C@H]1C.O.O.[HH]. The Morgan fingerprint density at radius 1 is 0.375 bits per heavy atom. The summed E-state index contributed by atoms with van der Waals surface area (Å²) in [5.74, 6) is 2.28. The van der Waals surface area contributed by atoms with Crippen molar-refractivity contribution in [1.29, 1.82) is 0 Å². The molecule has 1 saturated carbocycles. The fraction of sp³-hybridized carbons (Fsp3) is 1.00. The molecule has 2 aliphatic heterocycles. The molecule has 3 aliphatic rings. The Kier molecular flexibility index (Phi) is 59.6. The van der Waals surface area contributed by atoms with Gasteiger partial charge in [-0.3, -0.25) is 0 Å². The van der Waals surface area contributed by atoms with Crippen LogP contribution in [0.2, 0.25) is 0 Å². The maximum atomic E-state index is 6.86. The van der Waals surface area contributed by atoms with Gasteiger partial charge in [-0.2, -0.15) is 0 Å². The van der Waals surface area contributed by atoms with Gasteiger partial charge in [-0.15, -0.1) is 0 Å². The summed E-state index contributed by atoms with van der Waals surface area (Å²) in [5.41, 5.74) is -0.690. The summed E-state index contributed by atoms with van der Waals surface area (Å²) in [6, 6.07) is 0. The van der Waals surface area contributed by atoms with Gasteiger partial charge in [-0.25, -0.2) is 0 Å². The number of hydrogen-bond acceptors (Lipinski definition) is 18. The minimum absolute atomic E-state index is 0. The van der Waals surface area contributed by atoms with Crippen molar-refractivity contribution >= 4 is 0 Å². The molecule has 2 saturated heterocycles. The molecular weight excluding hydrogens is 945 g/mol. The van der Waals surface area contributed by atoms with E-state index >= 15 is 0 Å². The van der Waals surface area contributed by atoms with E-state index in [1.54, 1.807) is 21.3 Å². The Morgan fingerprint density at radius 2 is 0.681 bits per heavy atom. The molecule has 4 unspecified atom stereocenters. The summed E-state index contributed by atoms with van der Waals surface area (Å²) < 4.78 is 105. The van der Waals surface area contributed by atoms with E-state index in [4.69, 9.17) is 85.3 Å². The molecule has 0 aromatic carbocycles. The lowest BCUT2D eigenvalue weighted by molar-refractivity contribution is -0.339. The second-order valence-electron chi connectivity index (χ2n) is 17.2. The Hall–Kier alpha value is -0.800. The smallest absolute Gasteiger partial charge is 0.164 e. The zero-order chi connectivity index (χ0) is 46.5. The van der Waals surface area contributed by atoms with Crippen molar-refractivity contribution in [3.63, 3.8) is 0 Å². The van der Waals surface area contributed by atoms with Crippen LogP contribution in [0.4, 0.5) is 0 Å². The molecule has 3 fully saturated rings. The summed E-state index contributed by atoms with van der Waals surface area (Å²) in [4.78, 5) is 0. The summed E-state index contributed by atoms with van der Waals surface area (Å²) in [7, 11) is 4.95. The first kappa shape index (κ1) is 80.1. The van der Waals surface area contributed by atoms with Crippen LogP contribution < -0.4 is 0 Å². The highest BCUT2D eigenvalue weighted by molar-refractivity contribution is 4.95. The standard InChI is InChI=1S/C47H90O18.5CH4.2H2O.H2/c1-39-7-9-43-41(3)45(65-46-44(43)42(39)10-8-40(2)64-46)63-38-47(35-60-32-29-57-26-23-54-20-17-51-14-11-48-4,36-61-33-30-58-27-24-55-21-18-52-15-12-49-5)37-62-34-31-59-28-25-56-22-19-53-16-13-50-6;;;;;;;;/h39-46H,7-38H2,1-6H3;5*1H4;2*1H2;1H/t39-,40?,41-,42?,43+,44?,45?,46-;;;;;;;;/m1......../s1. The van der Waals surface area contributed by atoms with E-state index in [0.717, 1.165) is 12.8 Å². The van der Waals surface area contributed by atoms with Crippen LogP contribution in [0.1, 0.15) is 85.0 Å². The number of ether oxygens (including phenoxy) is 18. The molecule has 2 heterocycles. The third-order valence-electron chi connectivity index (χ3n) is 12.1. The predicted octanol–water partition coefficient (Wildman–Crippen LogP) is 5.70. The van der Waals surface area contributed by atoms with Gasteiger partial charge in [-0.1, -0.05) is 57.4 Å². The van der Waals surface area contributed by atoms with Gasteiger partial charge in [0.1, 0.15) is 0 Å². The van der Waals surface area contributed by atoms with Crippen LogP contribution in [0.15, 0.2) is 0 Å². The molecule has 20 heteroatoms. The second kappa shape index (κ2) is 53.6. The van der Waals surface area contributed by atoms with Crippen LogP contribution in [-0.4, -0.2) is 236 Å². The summed E-state index contributed by atoms with van der Waals surface area (Å²) in [5, 5.41) is 0. The molecule has 0 radical (unpaired) electrons. The lowest BCUT2D eigenvalue weighted by Gasteiger charge is -2.52. The van der Waals surface area contributed by atoms with Crippen molar-refractivity contribution in [2.75, 3.05) is 206 Å². The third-order valence-corrected chi connectivity index (χ3v) is 12.1. The molecule has 1 aliphatic carbocycles. The molecule has 444 valence electrons. The number of methoxy groups -OCH3 is 3. The van der Waals surface area contributed by atoms with Gasteiger partial charge < -0.3 is 96.2 Å². The Labute approximate surface area is 440 Å². The summed E-state index contributed by atoms with van der Waals surface area (Å²) in [6.07, 6.45) is 4.00. The van der Waals surface area contributed by atoms with Crippen LogP contribution in [-0.2, 0) is 85.3 Å². The maximum Gasteiger partial charge on any atom is 0.164 e. The zero-order valence-corrected chi connectivity index (χ0v) is 42.1. The molecule has 0 amide bonds. The normalized spacial score (nSPS) is 22.2. The lowest BCUT2D eigenvalue weighted by atomic mass is 9.61. The van der Waals surface area contributed by atoms with E-state index in [-0.39, 0.29) is 74.4 Å². The van der Waals surface area contributed by atoms with Crippen LogP contribution in [0.3, 0.4) is 0 Å². The number of hydrogen-bond donors (Lipinski definition) is 0. The molecule has 20 nitrogen and oxygen atoms in total. The molecule has 4 N–H and O–H groups in total. The van der Waals surface area contributed by atoms with Gasteiger partial charge in [0.25, 0.3) is 0 Å². The summed E-state index contributed by atoms with van der Waals surface area (Å²) >= 11 is 0. The highest BCUT2D eigenvalue weighted by Gasteiger charge is 2.53. The number of rotatable bonds is 45. The van der Waals surface area contributed by atoms with Crippen LogP contribution in [0.25, 0.3) is 0 Å². The predicted molar refractivity (Wildman–Crippen MR) is 283 cm³/mol. The van der Waals surface area contributed by atoms with E-state index < -0.39 is 11.7 Å². The van der Waals surface area contributed by atoms with Crippen molar-refractivity contribution in [1.82, 2.24) is 0 Å². The fourth-order valence-electron chi connectivity index (χ4n) is 8.42. The lowest BCUT2D eigenvalue weighted by Crippen LogP contribution is -2.54. The van der Waals surface area contributed by atoms with Crippen molar-refractivity contribution in [2.24, 2.45) is 35.0 Å². The van der Waals surface area contributed by atoms with Crippen LogP contribution in [0.5, 0.6) is 0 Å². The van der Waals surface area contributed by atoms with Crippen LogP contribution >= 0.6 is 0 Å². The van der Waals surface area contributed by atoms with E-state index in [9.17, 15) is 0 Å². The van der Waals surface area contributed by atoms with Gasteiger partial charge >= 0.3 is 0 Å². The molecule has 0 aromatic rings. The molecule has 8 atom stereocenters. The minimum atomic E-state index is -0.690. The first-order valence-electron chi connectivity index (χ1n) is 24.3. The second-order valence-corrected chi connectivity index (χ2v) is 17.2. The quantitative estimate of drug-likeness (QED) is 0.0666. The topological polar surface area (TPSA) is 229 Å². The molecule has 3 rings (SSSR count). The summed E-state index contributed by atoms with van der Waals surface area (Å²) in [6.45, 7) is 19.4. The average molecular weight is 1060 g/mol. The Balaban J connectivity index is -0.00000140. The first-order valence-corrected chi connectivity index (χ1v) is 24.3. The monoisotopic (exact) mass is 1060 g/mol. The van der Waals surface area contributed by atoms with Gasteiger partial charge in [-0.05, 0) is 43.9 Å². The average Bonchev–Trinajstić information content (AvgIpc) is 3.48. The van der Waals surface area contributed by atoms with E-state index in [0.29, 0.717) is 202 Å². The molecule has 0 bridgehead atoms. The van der Waals surface area contributed by atoms with Gasteiger partial charge in [0.2, 0.25) is 0 Å². The maximum absolute atomic E-state index is 6.86. The van der Waals surface area contributed by atoms with E-state index in [1.165, 1.54) is 12.8 Å². The van der Waals surface area contributed by atoms with E-state index in [1.807, 2.05) is 0 Å². The Morgan fingerprint density at radius 3 is 1.01 bits per heavy atom. The highest BCUT2D eigenvalue weighted by atomic mass is 16.8. The largest absolute Gasteiger partial charge is 0.412 e. The third kappa shape index (κ3) is 35.5. The van der Waals surface area contributed by atoms with Crippen molar-refractivity contribution in [3.8, 4) is 0 Å². The molecule has 0 aromatic heterocycles. The van der Waals surface area contributed by atoms with Crippen LogP contribution in [0, 0.1) is 35.0 Å². The highest BCUT2D eigenvalue weighted by Crippen LogP contribution is 2.52. The van der Waals surface area contributed by atoms with Gasteiger partial charge in [0.05, 0.1) is 197 Å². The van der Waals surface area contributed by atoms with Gasteiger partial charge in [0, 0.05) is 34.6 Å².